The maximum absolute atomic E-state index is 13.7. The van der Waals surface area contributed by atoms with Crippen molar-refractivity contribution >= 4 is 29.3 Å². The molecule has 33 heavy (non-hydrogen) atoms. The molecule has 2 heterocycles. The first kappa shape index (κ1) is 22.9. The van der Waals surface area contributed by atoms with Gasteiger partial charge in [0.2, 0.25) is 11.8 Å². The second kappa shape index (κ2) is 9.69. The Kier molecular flexibility index (Phi) is 6.72. The van der Waals surface area contributed by atoms with Crippen LogP contribution in [0.1, 0.15) is 37.3 Å². The molecule has 2 aromatic heterocycles. The third-order valence-corrected chi connectivity index (χ3v) is 6.05. The molecule has 1 fully saturated rings. The normalized spacial score (nSPS) is 14.2. The molecule has 1 aliphatic rings. The fraction of sp³-hybridized carbons (Fsp3) is 0.333. The molecule has 1 aliphatic carbocycles. The fourth-order valence-electron chi connectivity index (χ4n) is 3.08. The standard InChI is InChI=1S/C21H20F3N5O3S/c1-11(20(31)25-9-16(30)26-15-7-6-14(22)17(23)18(15)24)33-21-28-27-19(12-4-5-12)29(21)10-13-3-2-8-32-13/h2-3,6-8,11-12H,4-5,9-10H2,1H3,(H,25,31)(H,26,30). The third-order valence-electron chi connectivity index (χ3n) is 4.97. The summed E-state index contributed by atoms with van der Waals surface area (Å²) in [4.78, 5) is 24.5. The Morgan fingerprint density at radius 2 is 2.00 bits per heavy atom. The van der Waals surface area contributed by atoms with Gasteiger partial charge in [0.25, 0.3) is 0 Å². The van der Waals surface area contributed by atoms with Crippen molar-refractivity contribution in [2.24, 2.45) is 0 Å². The highest BCUT2D eigenvalue weighted by molar-refractivity contribution is 8.00. The van der Waals surface area contributed by atoms with E-state index in [0.717, 1.165) is 30.5 Å². The molecule has 0 radical (unpaired) electrons. The molecule has 3 aromatic rings. The lowest BCUT2D eigenvalue weighted by molar-refractivity contribution is -0.123. The minimum atomic E-state index is -1.69. The van der Waals surface area contributed by atoms with Crippen molar-refractivity contribution in [3.8, 4) is 0 Å². The number of aromatic nitrogens is 3. The molecule has 0 spiro atoms. The quantitative estimate of drug-likeness (QED) is 0.360. The van der Waals surface area contributed by atoms with Crippen LogP contribution in [0.4, 0.5) is 18.9 Å². The molecule has 174 valence electrons. The first-order valence-corrected chi connectivity index (χ1v) is 11.0. The first-order valence-electron chi connectivity index (χ1n) is 10.2. The van der Waals surface area contributed by atoms with Crippen LogP contribution in [0.2, 0.25) is 0 Å². The topological polar surface area (TPSA) is 102 Å². The van der Waals surface area contributed by atoms with Crippen LogP contribution in [-0.2, 0) is 16.1 Å². The minimum Gasteiger partial charge on any atom is -0.467 e. The van der Waals surface area contributed by atoms with Crippen LogP contribution < -0.4 is 10.6 Å². The van der Waals surface area contributed by atoms with Crippen LogP contribution in [0.25, 0.3) is 0 Å². The van der Waals surface area contributed by atoms with Gasteiger partial charge in [0.1, 0.15) is 11.6 Å². The van der Waals surface area contributed by atoms with Crippen LogP contribution in [0.3, 0.4) is 0 Å². The largest absolute Gasteiger partial charge is 0.467 e. The van der Waals surface area contributed by atoms with Crippen molar-refractivity contribution < 1.29 is 27.2 Å². The van der Waals surface area contributed by atoms with Gasteiger partial charge < -0.3 is 15.1 Å². The molecule has 1 unspecified atom stereocenters. The maximum Gasteiger partial charge on any atom is 0.243 e. The number of nitrogens with zero attached hydrogens (tertiary/aromatic N) is 3. The number of rotatable bonds is 9. The molecule has 0 saturated heterocycles. The molecule has 12 heteroatoms. The Bertz CT molecular complexity index is 1160. The van der Waals surface area contributed by atoms with Crippen molar-refractivity contribution in [2.75, 3.05) is 11.9 Å². The van der Waals surface area contributed by atoms with Crippen molar-refractivity contribution in [2.45, 2.75) is 42.6 Å². The molecule has 8 nitrogen and oxygen atoms in total. The van der Waals surface area contributed by atoms with E-state index in [1.54, 1.807) is 19.3 Å². The average molecular weight is 479 g/mol. The number of hydrogen-bond acceptors (Lipinski definition) is 6. The zero-order valence-corrected chi connectivity index (χ0v) is 18.3. The number of carbonyl (C=O) groups is 2. The summed E-state index contributed by atoms with van der Waals surface area (Å²) in [5, 5.41) is 13.0. The first-order chi connectivity index (χ1) is 15.8. The maximum atomic E-state index is 13.7. The van der Waals surface area contributed by atoms with Gasteiger partial charge in [-0.05, 0) is 44.0 Å². The lowest BCUT2D eigenvalue weighted by Crippen LogP contribution is -2.37. The van der Waals surface area contributed by atoms with Crippen LogP contribution >= 0.6 is 11.8 Å². The van der Waals surface area contributed by atoms with Crippen molar-refractivity contribution in [1.82, 2.24) is 20.1 Å². The summed E-state index contributed by atoms with van der Waals surface area (Å²) in [6, 6.07) is 5.22. The molecular formula is C21H20F3N5O3S. The van der Waals surface area contributed by atoms with E-state index in [4.69, 9.17) is 4.42 Å². The van der Waals surface area contributed by atoms with E-state index >= 15 is 0 Å². The van der Waals surface area contributed by atoms with E-state index in [1.165, 1.54) is 11.8 Å². The Balaban J connectivity index is 1.34. The third kappa shape index (κ3) is 5.38. The Hall–Kier alpha value is -3.28. The molecule has 1 saturated carbocycles. The number of furan rings is 1. The Morgan fingerprint density at radius 1 is 1.21 bits per heavy atom. The second-order valence-electron chi connectivity index (χ2n) is 7.53. The summed E-state index contributed by atoms with van der Waals surface area (Å²) < 4.78 is 47.3. The van der Waals surface area contributed by atoms with Crippen LogP contribution in [0.15, 0.2) is 40.1 Å². The molecule has 1 aromatic carbocycles. The van der Waals surface area contributed by atoms with E-state index in [0.29, 0.717) is 23.7 Å². The van der Waals surface area contributed by atoms with Gasteiger partial charge in [-0.15, -0.1) is 10.2 Å². The van der Waals surface area contributed by atoms with Crippen molar-refractivity contribution in [1.29, 1.82) is 0 Å². The van der Waals surface area contributed by atoms with Crippen LogP contribution in [0, 0.1) is 17.5 Å². The van der Waals surface area contributed by atoms with Gasteiger partial charge in [0.15, 0.2) is 22.6 Å². The van der Waals surface area contributed by atoms with Crippen molar-refractivity contribution in [3.05, 3.63) is 59.6 Å². The zero-order valence-electron chi connectivity index (χ0n) is 17.5. The van der Waals surface area contributed by atoms with Gasteiger partial charge in [0.05, 0.1) is 30.3 Å². The zero-order chi connectivity index (χ0) is 23.5. The van der Waals surface area contributed by atoms with E-state index in [1.807, 2.05) is 10.6 Å². The molecule has 4 rings (SSSR count). The van der Waals surface area contributed by atoms with E-state index < -0.39 is 46.7 Å². The van der Waals surface area contributed by atoms with Gasteiger partial charge in [-0.3, -0.25) is 14.2 Å². The molecule has 2 amide bonds. The van der Waals surface area contributed by atoms with Gasteiger partial charge in [-0.2, -0.15) is 0 Å². The molecule has 1 atom stereocenters. The number of benzene rings is 1. The van der Waals surface area contributed by atoms with E-state index in [-0.39, 0.29) is 0 Å². The van der Waals surface area contributed by atoms with Gasteiger partial charge in [-0.25, -0.2) is 13.2 Å². The number of carbonyl (C=O) groups excluding carboxylic acids is 2. The molecular weight excluding hydrogens is 459 g/mol. The molecule has 0 bridgehead atoms. The summed E-state index contributed by atoms with van der Waals surface area (Å²) in [6.45, 7) is 1.61. The minimum absolute atomic E-state index is 0.339. The fourth-order valence-corrected chi connectivity index (χ4v) is 3.96. The lowest BCUT2D eigenvalue weighted by Gasteiger charge is -2.13. The van der Waals surface area contributed by atoms with E-state index in [2.05, 4.69) is 20.8 Å². The number of amides is 2. The SMILES string of the molecule is CC(Sc1nnc(C2CC2)n1Cc1ccco1)C(=O)NCC(=O)Nc1ccc(F)c(F)c1F. The average Bonchev–Trinajstić information content (AvgIpc) is 3.37. The smallest absolute Gasteiger partial charge is 0.243 e. The number of nitrogens with one attached hydrogen (secondary N) is 2. The van der Waals surface area contributed by atoms with Gasteiger partial charge in [0, 0.05) is 5.92 Å². The summed E-state index contributed by atoms with van der Waals surface area (Å²) in [5.74, 6) is -3.90. The second-order valence-corrected chi connectivity index (χ2v) is 8.84. The number of hydrogen-bond donors (Lipinski definition) is 2. The summed E-state index contributed by atoms with van der Waals surface area (Å²) in [6.07, 6.45) is 3.64. The van der Waals surface area contributed by atoms with Crippen LogP contribution in [0.5, 0.6) is 0 Å². The predicted octanol–water partition coefficient (Wildman–Crippen LogP) is 3.45. The Morgan fingerprint density at radius 3 is 2.70 bits per heavy atom. The van der Waals surface area contributed by atoms with Gasteiger partial charge >= 0.3 is 0 Å². The number of thioether (sulfide) groups is 1. The Labute approximate surface area is 190 Å². The predicted molar refractivity (Wildman–Crippen MR) is 113 cm³/mol. The van der Waals surface area contributed by atoms with Gasteiger partial charge in [-0.1, -0.05) is 11.8 Å². The number of anilines is 1. The molecule has 0 aliphatic heterocycles. The summed E-state index contributed by atoms with van der Waals surface area (Å²) in [7, 11) is 0. The summed E-state index contributed by atoms with van der Waals surface area (Å²) in [5.41, 5.74) is -0.519. The highest BCUT2D eigenvalue weighted by atomic mass is 32.2. The molecule has 2 N–H and O–H groups in total. The lowest BCUT2D eigenvalue weighted by atomic mass is 10.2. The monoisotopic (exact) mass is 479 g/mol. The summed E-state index contributed by atoms with van der Waals surface area (Å²) >= 11 is 1.18. The van der Waals surface area contributed by atoms with Crippen LogP contribution in [-0.4, -0.2) is 38.4 Å². The van der Waals surface area contributed by atoms with E-state index in [9.17, 15) is 22.8 Å². The highest BCUT2D eigenvalue weighted by Gasteiger charge is 2.31. The highest BCUT2D eigenvalue weighted by Crippen LogP contribution is 2.40. The number of halogens is 3. The van der Waals surface area contributed by atoms with Crippen molar-refractivity contribution in [3.63, 3.8) is 0 Å².